The van der Waals surface area contributed by atoms with Crippen LogP contribution < -0.4 is 16.2 Å². The molecule has 0 aliphatic carbocycles. The summed E-state index contributed by atoms with van der Waals surface area (Å²) in [6.07, 6.45) is 0. The molecule has 0 aliphatic rings. The molecule has 0 spiro atoms. The largest absolute Gasteiger partial charge is 0.358 e. The molecular formula is C12H14BrN3OS. The van der Waals surface area contributed by atoms with E-state index in [2.05, 4.69) is 38.7 Å². The number of carbonyl (C=O) groups excluding carboxylic acids is 1. The van der Waals surface area contributed by atoms with Gasteiger partial charge < -0.3 is 5.32 Å². The minimum atomic E-state index is -0.254. The summed E-state index contributed by atoms with van der Waals surface area (Å²) < 4.78 is 0.845. The van der Waals surface area contributed by atoms with Crippen molar-refractivity contribution >= 4 is 39.2 Å². The number of hydrogen-bond donors (Lipinski definition) is 3. The molecule has 3 N–H and O–H groups in total. The van der Waals surface area contributed by atoms with Crippen LogP contribution >= 0.6 is 28.1 Å². The first-order valence-electron chi connectivity index (χ1n) is 5.23. The molecule has 1 aromatic rings. The molecule has 0 heterocycles. The molecule has 96 valence electrons. The van der Waals surface area contributed by atoms with E-state index in [0.717, 1.165) is 10.0 Å². The number of hydrazine groups is 1. The lowest BCUT2D eigenvalue weighted by Crippen LogP contribution is -2.47. The van der Waals surface area contributed by atoms with Crippen LogP contribution in [0.2, 0.25) is 0 Å². The average Bonchev–Trinajstić information content (AvgIpc) is 2.33. The fourth-order valence-electron chi connectivity index (χ4n) is 1.09. The maximum atomic E-state index is 11.7. The molecule has 1 rings (SSSR count). The zero-order valence-electron chi connectivity index (χ0n) is 9.92. The Morgan fingerprint density at radius 3 is 2.78 bits per heavy atom. The van der Waals surface area contributed by atoms with Crippen LogP contribution in [0.25, 0.3) is 0 Å². The fourth-order valence-corrected chi connectivity index (χ4v) is 1.61. The SMILES string of the molecule is C=C(C)CNC(=S)NNC(=O)c1cccc(Br)c1. The second kappa shape index (κ2) is 7.13. The zero-order valence-corrected chi connectivity index (χ0v) is 12.3. The predicted octanol–water partition coefficient (Wildman–Crippen LogP) is 2.13. The molecule has 6 heteroatoms. The van der Waals surface area contributed by atoms with Crippen molar-refractivity contribution in [2.45, 2.75) is 6.92 Å². The summed E-state index contributed by atoms with van der Waals surface area (Å²) in [6, 6.07) is 7.08. The number of halogens is 1. The van der Waals surface area contributed by atoms with Crippen LogP contribution in [0, 0.1) is 0 Å². The first-order chi connectivity index (χ1) is 8.49. The molecule has 0 radical (unpaired) electrons. The summed E-state index contributed by atoms with van der Waals surface area (Å²) in [5, 5.41) is 3.25. The van der Waals surface area contributed by atoms with Crippen molar-refractivity contribution in [2.24, 2.45) is 0 Å². The summed E-state index contributed by atoms with van der Waals surface area (Å²) in [5.74, 6) is -0.254. The Balaban J connectivity index is 2.42. The predicted molar refractivity (Wildman–Crippen MR) is 80.2 cm³/mol. The van der Waals surface area contributed by atoms with Crippen molar-refractivity contribution in [1.82, 2.24) is 16.2 Å². The lowest BCUT2D eigenvalue weighted by atomic mass is 10.2. The lowest BCUT2D eigenvalue weighted by Gasteiger charge is -2.11. The van der Waals surface area contributed by atoms with Crippen LogP contribution in [-0.2, 0) is 0 Å². The summed E-state index contributed by atoms with van der Waals surface area (Å²) >= 11 is 8.28. The first kappa shape index (κ1) is 14.7. The summed E-state index contributed by atoms with van der Waals surface area (Å²) in [6.45, 7) is 6.19. The van der Waals surface area contributed by atoms with Crippen LogP contribution in [0.15, 0.2) is 40.9 Å². The number of amides is 1. The van der Waals surface area contributed by atoms with Crippen molar-refractivity contribution in [2.75, 3.05) is 6.54 Å². The second-order valence-corrected chi connectivity index (χ2v) is 5.05. The molecule has 18 heavy (non-hydrogen) atoms. The van der Waals surface area contributed by atoms with Gasteiger partial charge in [0.15, 0.2) is 5.11 Å². The van der Waals surface area contributed by atoms with Gasteiger partial charge in [-0.25, -0.2) is 0 Å². The van der Waals surface area contributed by atoms with Gasteiger partial charge in [0.1, 0.15) is 0 Å². The van der Waals surface area contributed by atoms with Gasteiger partial charge in [-0.05, 0) is 37.3 Å². The number of rotatable bonds is 3. The number of nitrogens with one attached hydrogen (secondary N) is 3. The van der Waals surface area contributed by atoms with Crippen LogP contribution in [-0.4, -0.2) is 17.6 Å². The van der Waals surface area contributed by atoms with Gasteiger partial charge in [0.05, 0.1) is 0 Å². The van der Waals surface area contributed by atoms with Crippen molar-refractivity contribution in [3.8, 4) is 0 Å². The Bertz CT molecular complexity index is 476. The molecule has 0 saturated heterocycles. The Labute approximate surface area is 120 Å². The van der Waals surface area contributed by atoms with Gasteiger partial charge in [0.2, 0.25) is 0 Å². The van der Waals surface area contributed by atoms with Gasteiger partial charge in [-0.1, -0.05) is 34.1 Å². The molecule has 4 nitrogen and oxygen atoms in total. The third-order valence-corrected chi connectivity index (χ3v) is 2.67. The third-order valence-electron chi connectivity index (χ3n) is 1.93. The minimum absolute atomic E-state index is 0.254. The van der Waals surface area contributed by atoms with Crippen molar-refractivity contribution < 1.29 is 4.79 Å². The molecular weight excluding hydrogens is 314 g/mol. The molecule has 0 fully saturated rings. The van der Waals surface area contributed by atoms with Crippen molar-refractivity contribution in [1.29, 1.82) is 0 Å². The number of thiocarbonyl (C=S) groups is 1. The smallest absolute Gasteiger partial charge is 0.269 e. The van der Waals surface area contributed by atoms with E-state index in [-0.39, 0.29) is 5.91 Å². The van der Waals surface area contributed by atoms with Crippen LogP contribution in [0.4, 0.5) is 0 Å². The second-order valence-electron chi connectivity index (χ2n) is 3.73. The highest BCUT2D eigenvalue weighted by atomic mass is 79.9. The summed E-state index contributed by atoms with van der Waals surface area (Å²) in [4.78, 5) is 11.7. The standard InChI is InChI=1S/C12H14BrN3OS/c1-8(2)7-14-12(18)16-15-11(17)9-4-3-5-10(13)6-9/h3-6H,1,7H2,2H3,(H,15,17)(H2,14,16,18). The topological polar surface area (TPSA) is 53.2 Å². The third kappa shape index (κ3) is 5.29. The van der Waals surface area contributed by atoms with Crippen molar-refractivity contribution in [3.63, 3.8) is 0 Å². The Morgan fingerprint density at radius 1 is 1.44 bits per heavy atom. The van der Waals surface area contributed by atoms with Gasteiger partial charge in [-0.15, -0.1) is 0 Å². The van der Waals surface area contributed by atoms with E-state index in [1.54, 1.807) is 18.2 Å². The van der Waals surface area contributed by atoms with Crippen LogP contribution in [0.1, 0.15) is 17.3 Å². The quantitative estimate of drug-likeness (QED) is 0.452. The van der Waals surface area contributed by atoms with E-state index in [1.807, 2.05) is 13.0 Å². The lowest BCUT2D eigenvalue weighted by molar-refractivity contribution is 0.0943. The van der Waals surface area contributed by atoms with Gasteiger partial charge in [0, 0.05) is 16.6 Å². The molecule has 0 atom stereocenters. The molecule has 0 aliphatic heterocycles. The van der Waals surface area contributed by atoms with E-state index in [9.17, 15) is 4.79 Å². The first-order valence-corrected chi connectivity index (χ1v) is 6.43. The normalized spacial score (nSPS) is 9.44. The van der Waals surface area contributed by atoms with E-state index in [1.165, 1.54) is 0 Å². The minimum Gasteiger partial charge on any atom is -0.358 e. The number of carbonyl (C=O) groups is 1. The fraction of sp³-hybridized carbons (Fsp3) is 0.167. The maximum Gasteiger partial charge on any atom is 0.269 e. The molecule has 0 aromatic heterocycles. The molecule has 1 amide bonds. The highest BCUT2D eigenvalue weighted by Crippen LogP contribution is 2.11. The molecule has 0 saturated carbocycles. The Kier molecular flexibility index (Phi) is 5.80. The maximum absolute atomic E-state index is 11.7. The van der Waals surface area contributed by atoms with Gasteiger partial charge in [-0.2, -0.15) is 0 Å². The molecule has 0 unspecified atom stereocenters. The van der Waals surface area contributed by atoms with E-state index in [0.29, 0.717) is 17.2 Å². The van der Waals surface area contributed by atoms with E-state index >= 15 is 0 Å². The number of benzene rings is 1. The molecule has 1 aromatic carbocycles. The van der Waals surface area contributed by atoms with Gasteiger partial charge in [0.25, 0.3) is 5.91 Å². The van der Waals surface area contributed by atoms with Gasteiger partial charge in [-0.3, -0.25) is 15.6 Å². The van der Waals surface area contributed by atoms with Gasteiger partial charge >= 0.3 is 0 Å². The number of hydrogen-bond acceptors (Lipinski definition) is 2. The Morgan fingerprint density at radius 2 is 2.17 bits per heavy atom. The monoisotopic (exact) mass is 327 g/mol. The summed E-state index contributed by atoms with van der Waals surface area (Å²) in [5.41, 5.74) is 6.62. The summed E-state index contributed by atoms with van der Waals surface area (Å²) in [7, 11) is 0. The van der Waals surface area contributed by atoms with Crippen LogP contribution in [0.5, 0.6) is 0 Å². The van der Waals surface area contributed by atoms with Crippen LogP contribution in [0.3, 0.4) is 0 Å². The Hall–Kier alpha value is -1.40. The highest BCUT2D eigenvalue weighted by molar-refractivity contribution is 9.10. The van der Waals surface area contributed by atoms with Crippen molar-refractivity contribution in [3.05, 3.63) is 46.5 Å². The zero-order chi connectivity index (χ0) is 13.5. The molecule has 0 bridgehead atoms. The van der Waals surface area contributed by atoms with E-state index < -0.39 is 0 Å². The highest BCUT2D eigenvalue weighted by Gasteiger charge is 2.05. The average molecular weight is 328 g/mol. The van der Waals surface area contributed by atoms with E-state index in [4.69, 9.17) is 12.2 Å².